The molecule has 3 aromatic rings. The van der Waals surface area contributed by atoms with E-state index in [1.807, 2.05) is 38.4 Å². The number of benzene rings is 1. The van der Waals surface area contributed by atoms with Crippen LogP contribution in [-0.4, -0.2) is 83.6 Å². The van der Waals surface area contributed by atoms with Crippen molar-refractivity contribution in [2.45, 2.75) is 43.5 Å². The summed E-state index contributed by atoms with van der Waals surface area (Å²) in [5, 5.41) is 0. The van der Waals surface area contributed by atoms with Crippen LogP contribution in [0.5, 0.6) is 0 Å². The lowest BCUT2D eigenvalue weighted by Crippen LogP contribution is -2.34. The molecule has 192 valence electrons. The maximum atomic E-state index is 13.1. The van der Waals surface area contributed by atoms with Gasteiger partial charge in [0.2, 0.25) is 10.0 Å². The summed E-state index contributed by atoms with van der Waals surface area (Å²) >= 11 is 0. The molecule has 0 N–H and O–H groups in total. The van der Waals surface area contributed by atoms with Gasteiger partial charge in [-0.1, -0.05) is 12.1 Å². The van der Waals surface area contributed by atoms with Crippen LogP contribution in [0.15, 0.2) is 47.6 Å². The molecule has 36 heavy (non-hydrogen) atoms. The van der Waals surface area contributed by atoms with Gasteiger partial charge < -0.3 is 14.2 Å². The van der Waals surface area contributed by atoms with Crippen LogP contribution in [0.4, 0.5) is 0 Å². The van der Waals surface area contributed by atoms with E-state index in [0.717, 1.165) is 68.3 Å². The van der Waals surface area contributed by atoms with Crippen LogP contribution in [0.2, 0.25) is 0 Å². The molecule has 0 radical (unpaired) electrons. The number of nitrogens with zero attached hydrogens (tertiary/aromatic N) is 6. The maximum Gasteiger partial charge on any atom is 0.243 e. The summed E-state index contributed by atoms with van der Waals surface area (Å²) in [7, 11) is -1.47. The highest BCUT2D eigenvalue weighted by Crippen LogP contribution is 2.29. The molecule has 0 saturated carbocycles. The zero-order valence-electron chi connectivity index (χ0n) is 21.0. The van der Waals surface area contributed by atoms with Gasteiger partial charge in [0, 0.05) is 51.5 Å². The molecule has 2 aliphatic heterocycles. The second-order valence-corrected chi connectivity index (χ2v) is 11.6. The lowest BCUT2D eigenvalue weighted by molar-refractivity contribution is 0.0694. The van der Waals surface area contributed by atoms with Gasteiger partial charge in [-0.05, 0) is 63.5 Å². The van der Waals surface area contributed by atoms with E-state index in [4.69, 9.17) is 9.72 Å². The Morgan fingerprint density at radius 3 is 2.56 bits per heavy atom. The second kappa shape index (κ2) is 10.8. The predicted molar refractivity (Wildman–Crippen MR) is 137 cm³/mol. The Morgan fingerprint density at radius 1 is 1.00 bits per heavy atom. The van der Waals surface area contributed by atoms with E-state index in [1.54, 1.807) is 22.6 Å². The molecule has 0 spiro atoms. The average molecular weight is 511 g/mol. The second-order valence-electron chi connectivity index (χ2n) is 9.64. The Kier molecular flexibility index (Phi) is 7.47. The van der Waals surface area contributed by atoms with E-state index in [9.17, 15) is 8.42 Å². The van der Waals surface area contributed by atoms with Gasteiger partial charge in [-0.25, -0.2) is 23.4 Å². The first kappa shape index (κ1) is 25.0. The fraction of sp³-hybridized carbons (Fsp3) is 0.500. The van der Waals surface area contributed by atoms with E-state index in [1.165, 1.54) is 0 Å². The van der Waals surface area contributed by atoms with E-state index in [-0.39, 0.29) is 0 Å². The lowest BCUT2D eigenvalue weighted by Gasteiger charge is -2.26. The highest BCUT2D eigenvalue weighted by Gasteiger charge is 2.26. The summed E-state index contributed by atoms with van der Waals surface area (Å²) < 4.78 is 35.7. The maximum absolute atomic E-state index is 13.1. The van der Waals surface area contributed by atoms with Crippen LogP contribution in [0, 0.1) is 6.92 Å². The Balaban J connectivity index is 1.32. The Labute approximate surface area is 213 Å². The van der Waals surface area contributed by atoms with E-state index >= 15 is 0 Å². The monoisotopic (exact) mass is 510 g/mol. The number of ether oxygens (including phenoxy) is 1. The highest BCUT2D eigenvalue weighted by atomic mass is 32.2. The highest BCUT2D eigenvalue weighted by molar-refractivity contribution is 7.89. The SMILES string of the molecule is Cc1ncc(-c2ccnc(Cc3ccc(S(=O)(=O)N4CCCN(C)CC4)cc3)n2)n1C1CCOCC1. The van der Waals surface area contributed by atoms with Gasteiger partial charge in [-0.3, -0.25) is 0 Å². The van der Waals surface area contributed by atoms with Crippen LogP contribution in [0.3, 0.4) is 0 Å². The first-order valence-corrected chi connectivity index (χ1v) is 14.1. The molecule has 10 heteroatoms. The van der Waals surface area contributed by atoms with Gasteiger partial charge in [0.15, 0.2) is 0 Å². The molecule has 0 unspecified atom stereocenters. The Bertz CT molecular complexity index is 1290. The molecule has 9 nitrogen and oxygen atoms in total. The van der Waals surface area contributed by atoms with Crippen molar-refractivity contribution in [2.24, 2.45) is 0 Å². The molecule has 0 atom stereocenters. The largest absolute Gasteiger partial charge is 0.381 e. The molecule has 1 aromatic carbocycles. The molecule has 2 fully saturated rings. The van der Waals surface area contributed by atoms with Crippen molar-refractivity contribution >= 4 is 10.0 Å². The molecule has 2 saturated heterocycles. The fourth-order valence-corrected chi connectivity index (χ4v) is 6.52. The Morgan fingerprint density at radius 2 is 1.78 bits per heavy atom. The summed E-state index contributed by atoms with van der Waals surface area (Å²) in [5.41, 5.74) is 2.81. The lowest BCUT2D eigenvalue weighted by atomic mass is 10.1. The zero-order chi connectivity index (χ0) is 25.1. The first-order chi connectivity index (χ1) is 17.4. The summed E-state index contributed by atoms with van der Waals surface area (Å²) in [4.78, 5) is 16.4. The molecular formula is C26H34N6O3S. The molecule has 2 aromatic heterocycles. The number of hydrogen-bond acceptors (Lipinski definition) is 7. The molecule has 2 aliphatic rings. The molecule has 0 bridgehead atoms. The Hall–Kier alpha value is -2.66. The van der Waals surface area contributed by atoms with Crippen LogP contribution in [-0.2, 0) is 21.2 Å². The summed E-state index contributed by atoms with van der Waals surface area (Å²) in [5.74, 6) is 1.67. The van der Waals surface area contributed by atoms with Gasteiger partial charge in [-0.15, -0.1) is 0 Å². The van der Waals surface area contributed by atoms with Crippen molar-refractivity contribution in [3.05, 3.63) is 59.9 Å². The molecular weight excluding hydrogens is 476 g/mol. The smallest absolute Gasteiger partial charge is 0.243 e. The standard InChI is InChI=1S/C26H34N6O3S/c1-20-28-19-25(32(20)22-9-16-35-17-10-22)24-8-11-27-26(29-24)18-21-4-6-23(7-5-21)36(33,34)31-13-3-12-30(2)14-15-31/h4-8,11,19,22H,3,9-10,12-18H2,1-2H3. The third kappa shape index (κ3) is 5.36. The van der Waals surface area contributed by atoms with Gasteiger partial charge in [0.05, 0.1) is 22.5 Å². The van der Waals surface area contributed by atoms with Crippen molar-refractivity contribution < 1.29 is 13.2 Å². The minimum atomic E-state index is -3.50. The van der Waals surface area contributed by atoms with Crippen molar-refractivity contribution in [3.63, 3.8) is 0 Å². The minimum Gasteiger partial charge on any atom is -0.381 e. The van der Waals surface area contributed by atoms with Gasteiger partial charge in [0.25, 0.3) is 0 Å². The number of aromatic nitrogens is 4. The number of aryl methyl sites for hydroxylation is 1. The van der Waals surface area contributed by atoms with E-state index in [0.29, 0.717) is 36.3 Å². The average Bonchev–Trinajstić information content (AvgIpc) is 3.13. The van der Waals surface area contributed by atoms with Gasteiger partial charge in [-0.2, -0.15) is 4.31 Å². The molecule has 5 rings (SSSR count). The van der Waals surface area contributed by atoms with Crippen molar-refractivity contribution in [1.82, 2.24) is 28.7 Å². The summed E-state index contributed by atoms with van der Waals surface area (Å²) in [6, 6.07) is 9.41. The van der Waals surface area contributed by atoms with Crippen LogP contribution in [0.25, 0.3) is 11.4 Å². The quantitative estimate of drug-likeness (QED) is 0.503. The van der Waals surface area contributed by atoms with Crippen LogP contribution < -0.4 is 0 Å². The van der Waals surface area contributed by atoms with Crippen molar-refractivity contribution in [2.75, 3.05) is 46.4 Å². The van der Waals surface area contributed by atoms with E-state index in [2.05, 4.69) is 19.4 Å². The summed E-state index contributed by atoms with van der Waals surface area (Å²) in [6.07, 6.45) is 6.96. The molecule has 4 heterocycles. The van der Waals surface area contributed by atoms with E-state index < -0.39 is 10.0 Å². The number of hydrogen-bond donors (Lipinski definition) is 0. The number of sulfonamides is 1. The van der Waals surface area contributed by atoms with Crippen LogP contribution >= 0.6 is 0 Å². The predicted octanol–water partition coefficient (Wildman–Crippen LogP) is 2.92. The fourth-order valence-electron chi connectivity index (χ4n) is 5.05. The number of rotatable bonds is 6. The zero-order valence-corrected chi connectivity index (χ0v) is 21.8. The number of imidazole rings is 1. The number of likely N-dealkylation sites (N-methyl/N-ethyl adjacent to an activating group) is 1. The third-order valence-corrected chi connectivity index (χ3v) is 9.02. The van der Waals surface area contributed by atoms with Crippen molar-refractivity contribution in [1.29, 1.82) is 0 Å². The summed E-state index contributed by atoms with van der Waals surface area (Å²) in [6.45, 7) is 6.29. The van der Waals surface area contributed by atoms with Crippen LogP contribution in [0.1, 0.15) is 42.5 Å². The normalized spacial score (nSPS) is 18.8. The molecule has 0 aliphatic carbocycles. The first-order valence-electron chi connectivity index (χ1n) is 12.6. The van der Waals surface area contributed by atoms with Crippen molar-refractivity contribution in [3.8, 4) is 11.4 Å². The minimum absolute atomic E-state index is 0.335. The van der Waals surface area contributed by atoms with Gasteiger partial charge in [0.1, 0.15) is 11.6 Å². The molecule has 0 amide bonds. The van der Waals surface area contributed by atoms with Gasteiger partial charge >= 0.3 is 0 Å². The topological polar surface area (TPSA) is 93.5 Å². The third-order valence-electron chi connectivity index (χ3n) is 7.11.